The van der Waals surface area contributed by atoms with Gasteiger partial charge in [0.2, 0.25) is 5.91 Å². The van der Waals surface area contributed by atoms with Crippen LogP contribution >= 0.6 is 15.9 Å². The van der Waals surface area contributed by atoms with Crippen molar-refractivity contribution in [2.24, 2.45) is 0 Å². The second kappa shape index (κ2) is 5.21. The fourth-order valence-electron chi connectivity index (χ4n) is 2.84. The minimum absolute atomic E-state index is 0.0789. The van der Waals surface area contributed by atoms with E-state index in [-0.39, 0.29) is 5.91 Å². The maximum absolute atomic E-state index is 13.1. The van der Waals surface area contributed by atoms with Crippen molar-refractivity contribution in [2.45, 2.75) is 19.0 Å². The first-order valence-corrected chi connectivity index (χ1v) is 7.38. The molecule has 3 nitrogen and oxygen atoms in total. The van der Waals surface area contributed by atoms with Gasteiger partial charge in [0.15, 0.2) is 0 Å². The molecule has 2 aliphatic heterocycles. The molecule has 0 bridgehead atoms. The van der Waals surface area contributed by atoms with Crippen LogP contribution in [0.2, 0.25) is 0 Å². The van der Waals surface area contributed by atoms with Crippen molar-refractivity contribution >= 4 is 27.5 Å². The molecule has 0 aromatic heterocycles. The number of hydrogen-bond acceptors (Lipinski definition) is 2. The molecule has 1 amide bonds. The number of nitrogens with zero attached hydrogens (tertiary/aromatic N) is 2. The molecule has 0 N–H and O–H groups in total. The Morgan fingerprint density at radius 2 is 2.26 bits per heavy atom. The number of alkyl halides is 1. The summed E-state index contributed by atoms with van der Waals surface area (Å²) in [5.74, 6) is 0.0789. The van der Waals surface area contributed by atoms with Gasteiger partial charge < -0.3 is 4.90 Å². The van der Waals surface area contributed by atoms with Crippen molar-refractivity contribution in [2.75, 3.05) is 31.1 Å². The summed E-state index contributed by atoms with van der Waals surface area (Å²) in [5.41, 5.74) is 2.21. The Hall–Kier alpha value is -0.940. The van der Waals surface area contributed by atoms with Crippen molar-refractivity contribution in [3.8, 4) is 0 Å². The molecule has 0 saturated carbocycles. The van der Waals surface area contributed by atoms with E-state index in [0.29, 0.717) is 26.1 Å². The van der Waals surface area contributed by atoms with Crippen LogP contribution < -0.4 is 4.90 Å². The number of rotatable bonds is 2. The molecule has 0 unspecified atom stereocenters. The van der Waals surface area contributed by atoms with E-state index in [1.165, 1.54) is 5.56 Å². The molecular weight excluding hydrogens is 311 g/mol. The highest BCUT2D eigenvalue weighted by Gasteiger charge is 2.29. The van der Waals surface area contributed by atoms with Gasteiger partial charge in [-0.1, -0.05) is 15.9 Å². The third-order valence-corrected chi connectivity index (χ3v) is 4.31. The molecular formula is C14H16BrFN2O. The highest BCUT2D eigenvalue weighted by Crippen LogP contribution is 2.30. The van der Waals surface area contributed by atoms with Gasteiger partial charge in [-0.15, -0.1) is 0 Å². The topological polar surface area (TPSA) is 23.6 Å². The van der Waals surface area contributed by atoms with Crippen LogP contribution in [-0.4, -0.2) is 43.2 Å². The van der Waals surface area contributed by atoms with Gasteiger partial charge >= 0.3 is 0 Å². The third kappa shape index (κ3) is 2.67. The lowest BCUT2D eigenvalue weighted by Crippen LogP contribution is -2.38. The summed E-state index contributed by atoms with van der Waals surface area (Å²) in [5, 5.41) is 0. The van der Waals surface area contributed by atoms with Gasteiger partial charge in [-0.3, -0.25) is 9.69 Å². The molecule has 1 aromatic carbocycles. The fourth-order valence-corrected chi connectivity index (χ4v) is 3.24. The Morgan fingerprint density at radius 1 is 1.42 bits per heavy atom. The van der Waals surface area contributed by atoms with Crippen LogP contribution in [0.3, 0.4) is 0 Å². The van der Waals surface area contributed by atoms with Gasteiger partial charge in [0.25, 0.3) is 0 Å². The zero-order chi connectivity index (χ0) is 13.4. The number of hydrogen-bond donors (Lipinski definition) is 0. The monoisotopic (exact) mass is 326 g/mol. The molecule has 1 aromatic rings. The van der Waals surface area contributed by atoms with E-state index in [9.17, 15) is 9.18 Å². The number of anilines is 1. The molecule has 1 fully saturated rings. The van der Waals surface area contributed by atoms with Gasteiger partial charge in [-0.25, -0.2) is 4.39 Å². The van der Waals surface area contributed by atoms with Gasteiger partial charge in [0.05, 0.1) is 6.54 Å². The summed E-state index contributed by atoms with van der Waals surface area (Å²) in [7, 11) is 0. The van der Waals surface area contributed by atoms with Gasteiger partial charge in [-0.05, 0) is 36.6 Å². The smallest absolute Gasteiger partial charge is 0.241 e. The molecule has 3 rings (SSSR count). The Labute approximate surface area is 120 Å². The number of benzene rings is 1. The zero-order valence-electron chi connectivity index (χ0n) is 10.6. The first-order valence-electron chi connectivity index (χ1n) is 6.59. The lowest BCUT2D eigenvalue weighted by molar-refractivity contribution is -0.119. The Morgan fingerprint density at radius 3 is 3.00 bits per heavy atom. The number of carbonyl (C=O) groups is 1. The number of likely N-dealkylation sites (tertiary alicyclic amines) is 1. The standard InChI is InChI=1S/C14H16BrFN2O/c15-11-1-2-13-10(7-11)3-6-18(13)14(19)9-17-5-4-12(16)8-17/h1-2,7,12H,3-6,8-9H2/t12-/m0/s1. The molecule has 1 saturated heterocycles. The maximum Gasteiger partial charge on any atom is 0.241 e. The van der Waals surface area contributed by atoms with Gasteiger partial charge in [-0.2, -0.15) is 0 Å². The molecule has 2 aliphatic rings. The second-order valence-corrected chi connectivity index (χ2v) is 6.11. The number of halogens is 2. The van der Waals surface area contributed by atoms with E-state index in [0.717, 1.165) is 23.1 Å². The van der Waals surface area contributed by atoms with E-state index in [4.69, 9.17) is 0 Å². The molecule has 19 heavy (non-hydrogen) atoms. The number of carbonyl (C=O) groups excluding carboxylic acids is 1. The highest BCUT2D eigenvalue weighted by atomic mass is 79.9. The Kier molecular flexibility index (Phi) is 3.58. The molecule has 0 spiro atoms. The summed E-state index contributed by atoms with van der Waals surface area (Å²) in [6.07, 6.45) is 0.679. The van der Waals surface area contributed by atoms with E-state index >= 15 is 0 Å². The summed E-state index contributed by atoms with van der Waals surface area (Å²) >= 11 is 3.45. The Balaban J connectivity index is 1.69. The SMILES string of the molecule is O=C(CN1CC[C@H](F)C1)N1CCc2cc(Br)ccc21. The van der Waals surface area contributed by atoms with Gasteiger partial charge in [0, 0.05) is 29.8 Å². The first kappa shape index (κ1) is 13.1. The molecule has 0 radical (unpaired) electrons. The second-order valence-electron chi connectivity index (χ2n) is 5.19. The molecule has 2 heterocycles. The molecule has 5 heteroatoms. The van der Waals surface area contributed by atoms with E-state index in [1.54, 1.807) is 0 Å². The van der Waals surface area contributed by atoms with Crippen molar-refractivity contribution < 1.29 is 9.18 Å². The van der Waals surface area contributed by atoms with Crippen molar-refractivity contribution in [1.82, 2.24) is 4.90 Å². The van der Waals surface area contributed by atoms with E-state index < -0.39 is 6.17 Å². The lowest BCUT2D eigenvalue weighted by Gasteiger charge is -2.21. The predicted molar refractivity (Wildman–Crippen MR) is 76.2 cm³/mol. The summed E-state index contributed by atoms with van der Waals surface area (Å²) in [4.78, 5) is 16.0. The largest absolute Gasteiger partial charge is 0.311 e. The lowest BCUT2D eigenvalue weighted by atomic mass is 10.2. The highest BCUT2D eigenvalue weighted by molar-refractivity contribution is 9.10. The van der Waals surface area contributed by atoms with E-state index in [2.05, 4.69) is 22.0 Å². The minimum atomic E-state index is -0.769. The molecule has 0 aliphatic carbocycles. The van der Waals surface area contributed by atoms with Gasteiger partial charge in [0.1, 0.15) is 6.17 Å². The van der Waals surface area contributed by atoms with Crippen molar-refractivity contribution in [3.63, 3.8) is 0 Å². The van der Waals surface area contributed by atoms with E-state index in [1.807, 2.05) is 21.9 Å². The van der Waals surface area contributed by atoms with Crippen molar-refractivity contribution in [1.29, 1.82) is 0 Å². The zero-order valence-corrected chi connectivity index (χ0v) is 12.2. The average molecular weight is 327 g/mol. The van der Waals surface area contributed by atoms with Crippen LogP contribution in [0.15, 0.2) is 22.7 Å². The van der Waals surface area contributed by atoms with Crippen LogP contribution in [0, 0.1) is 0 Å². The molecule has 1 atom stereocenters. The fraction of sp³-hybridized carbons (Fsp3) is 0.500. The minimum Gasteiger partial charge on any atom is -0.311 e. The summed E-state index contributed by atoms with van der Waals surface area (Å²) in [6.45, 7) is 2.15. The Bertz CT molecular complexity index is 508. The van der Waals surface area contributed by atoms with Crippen LogP contribution in [0.25, 0.3) is 0 Å². The molecule has 102 valence electrons. The van der Waals surface area contributed by atoms with Crippen LogP contribution in [0.5, 0.6) is 0 Å². The average Bonchev–Trinajstić information content (AvgIpc) is 2.95. The van der Waals surface area contributed by atoms with Crippen molar-refractivity contribution in [3.05, 3.63) is 28.2 Å². The van der Waals surface area contributed by atoms with Crippen LogP contribution in [0.1, 0.15) is 12.0 Å². The number of fused-ring (bicyclic) bond motifs is 1. The maximum atomic E-state index is 13.1. The first-order chi connectivity index (χ1) is 9.13. The normalized spacial score (nSPS) is 22.8. The van der Waals surface area contributed by atoms with Crippen LogP contribution in [-0.2, 0) is 11.2 Å². The predicted octanol–water partition coefficient (Wildman–Crippen LogP) is 2.38. The third-order valence-electron chi connectivity index (χ3n) is 3.81. The quantitative estimate of drug-likeness (QED) is 0.833. The number of amides is 1. The van der Waals surface area contributed by atoms with Crippen LogP contribution in [0.4, 0.5) is 10.1 Å². The summed E-state index contributed by atoms with van der Waals surface area (Å²) in [6, 6.07) is 6.00. The summed E-state index contributed by atoms with van der Waals surface area (Å²) < 4.78 is 14.2.